The summed E-state index contributed by atoms with van der Waals surface area (Å²) in [5.41, 5.74) is 0. The lowest BCUT2D eigenvalue weighted by molar-refractivity contribution is -0.359. The zero-order valence-electron chi connectivity index (χ0n) is 60.9. The Morgan fingerprint density at radius 3 is 1.12 bits per heavy atom. The molecule has 9 N–H and O–H groups in total. The van der Waals surface area contributed by atoms with Gasteiger partial charge < -0.3 is 65.1 Å². The van der Waals surface area contributed by atoms with Crippen molar-refractivity contribution in [3.63, 3.8) is 0 Å². The van der Waals surface area contributed by atoms with Crippen LogP contribution in [0.25, 0.3) is 0 Å². The summed E-state index contributed by atoms with van der Waals surface area (Å²) in [6.07, 6.45) is 71.6. The molecular weight excluding hydrogens is 1190 g/mol. The third-order valence-electron chi connectivity index (χ3n) is 19.5. The van der Waals surface area contributed by atoms with E-state index in [1.165, 1.54) is 263 Å². The molecule has 14 nitrogen and oxygen atoms in total. The fraction of sp³-hybridized carbons (Fsp3) is 0.864. The van der Waals surface area contributed by atoms with E-state index in [9.17, 15) is 45.6 Å². The Balaban J connectivity index is 1.61. The third kappa shape index (κ3) is 48.2. The van der Waals surface area contributed by atoms with E-state index in [0.717, 1.165) is 64.2 Å². The predicted octanol–water partition coefficient (Wildman–Crippen LogP) is 18.0. The van der Waals surface area contributed by atoms with Crippen LogP contribution in [0.2, 0.25) is 0 Å². The van der Waals surface area contributed by atoms with E-state index in [-0.39, 0.29) is 18.9 Å². The summed E-state index contributed by atoms with van der Waals surface area (Å²) in [6.45, 7) is 2.74. The number of hydrogen-bond acceptors (Lipinski definition) is 13. The SMILES string of the molecule is CC/C=C\C/C=C\C/C=C\C/C=C\CCCCCCCCCCCCCCCCCCCCCCC(=O)NC(COC1OC(CO)C(OC2OC(CO)C(O)C(O)C2O)C(O)C1O)C(O)/C=C/CCCCCCCCCCCCCCCCCCCCCCCCCCCC. The minimum Gasteiger partial charge on any atom is -0.394 e. The van der Waals surface area contributed by atoms with Crippen molar-refractivity contribution < 1.29 is 64.6 Å². The number of amides is 1. The summed E-state index contributed by atoms with van der Waals surface area (Å²) >= 11 is 0. The molecule has 12 unspecified atom stereocenters. The van der Waals surface area contributed by atoms with Crippen LogP contribution in [0.15, 0.2) is 60.8 Å². The van der Waals surface area contributed by atoms with E-state index in [4.69, 9.17) is 18.9 Å². The van der Waals surface area contributed by atoms with Crippen molar-refractivity contribution >= 4 is 5.91 Å². The molecule has 0 aromatic heterocycles. The fourth-order valence-corrected chi connectivity index (χ4v) is 13.2. The zero-order chi connectivity index (χ0) is 68.7. The van der Waals surface area contributed by atoms with E-state index < -0.39 is 86.8 Å². The van der Waals surface area contributed by atoms with Gasteiger partial charge in [-0.1, -0.05) is 351 Å². The molecule has 2 rings (SSSR count). The van der Waals surface area contributed by atoms with Crippen LogP contribution in [0, 0.1) is 0 Å². The molecule has 2 aliphatic heterocycles. The van der Waals surface area contributed by atoms with Gasteiger partial charge in [0.2, 0.25) is 5.91 Å². The molecule has 2 heterocycles. The van der Waals surface area contributed by atoms with Gasteiger partial charge in [-0.05, 0) is 57.8 Å². The van der Waals surface area contributed by atoms with Crippen LogP contribution >= 0.6 is 0 Å². The van der Waals surface area contributed by atoms with Gasteiger partial charge in [-0.3, -0.25) is 4.79 Å². The summed E-state index contributed by atoms with van der Waals surface area (Å²) in [6, 6.07) is -0.917. The Morgan fingerprint density at radius 1 is 0.389 bits per heavy atom. The normalized spacial score (nSPS) is 22.6. The third-order valence-corrected chi connectivity index (χ3v) is 19.5. The van der Waals surface area contributed by atoms with Gasteiger partial charge in [-0.25, -0.2) is 0 Å². The second-order valence-electron chi connectivity index (χ2n) is 28.2. The highest BCUT2D eigenvalue weighted by molar-refractivity contribution is 5.76. The Morgan fingerprint density at radius 2 is 0.726 bits per heavy atom. The first kappa shape index (κ1) is 88.8. The largest absolute Gasteiger partial charge is 0.394 e. The Kier molecular flexibility index (Phi) is 60.8. The number of carbonyl (C=O) groups is 1. The average Bonchev–Trinajstić information content (AvgIpc) is 0.801. The molecule has 0 saturated carbocycles. The van der Waals surface area contributed by atoms with Gasteiger partial charge in [0.1, 0.15) is 48.8 Å². The first-order chi connectivity index (χ1) is 46.6. The van der Waals surface area contributed by atoms with E-state index in [0.29, 0.717) is 6.42 Å². The predicted molar refractivity (Wildman–Crippen MR) is 392 cm³/mol. The number of ether oxygens (including phenoxy) is 4. The topological polar surface area (TPSA) is 228 Å². The van der Waals surface area contributed by atoms with E-state index >= 15 is 0 Å². The van der Waals surface area contributed by atoms with E-state index in [1.807, 2.05) is 6.08 Å². The monoisotopic (exact) mass is 1340 g/mol. The number of aliphatic hydroxyl groups excluding tert-OH is 8. The number of unbranched alkanes of at least 4 members (excludes halogenated alkanes) is 46. The maximum absolute atomic E-state index is 13.4. The van der Waals surface area contributed by atoms with Crippen LogP contribution in [-0.4, -0.2) is 140 Å². The highest BCUT2D eigenvalue weighted by Gasteiger charge is 2.51. The number of aliphatic hydroxyl groups is 8. The maximum atomic E-state index is 13.4. The molecule has 95 heavy (non-hydrogen) atoms. The Hall–Kier alpha value is -2.31. The first-order valence-corrected chi connectivity index (χ1v) is 40.0. The first-order valence-electron chi connectivity index (χ1n) is 40.0. The molecule has 2 fully saturated rings. The highest BCUT2D eigenvalue weighted by atomic mass is 16.7. The van der Waals surface area contributed by atoms with Gasteiger partial charge in [-0.15, -0.1) is 0 Å². The molecule has 1 amide bonds. The second kappa shape index (κ2) is 65.0. The number of rotatable bonds is 67. The molecule has 2 saturated heterocycles. The fourth-order valence-electron chi connectivity index (χ4n) is 13.2. The van der Waals surface area contributed by atoms with Crippen molar-refractivity contribution in [1.29, 1.82) is 0 Å². The molecule has 2 aliphatic rings. The summed E-state index contributed by atoms with van der Waals surface area (Å²) in [4.78, 5) is 13.4. The summed E-state index contributed by atoms with van der Waals surface area (Å²) < 4.78 is 22.9. The summed E-state index contributed by atoms with van der Waals surface area (Å²) in [7, 11) is 0. The molecule has 0 aromatic carbocycles. The van der Waals surface area contributed by atoms with Crippen molar-refractivity contribution in [2.45, 2.75) is 428 Å². The average molecular weight is 1350 g/mol. The molecule has 0 spiro atoms. The van der Waals surface area contributed by atoms with Crippen molar-refractivity contribution in [2.24, 2.45) is 0 Å². The summed E-state index contributed by atoms with van der Waals surface area (Å²) in [5, 5.41) is 87.7. The van der Waals surface area contributed by atoms with Gasteiger partial charge >= 0.3 is 0 Å². The highest BCUT2D eigenvalue weighted by Crippen LogP contribution is 2.30. The molecule has 0 aliphatic carbocycles. The van der Waals surface area contributed by atoms with Crippen LogP contribution in [0.1, 0.15) is 354 Å². The minimum absolute atomic E-state index is 0.233. The van der Waals surface area contributed by atoms with E-state index in [1.54, 1.807) is 6.08 Å². The van der Waals surface area contributed by atoms with Crippen molar-refractivity contribution in [3.8, 4) is 0 Å². The van der Waals surface area contributed by atoms with Crippen molar-refractivity contribution in [1.82, 2.24) is 5.32 Å². The number of allylic oxidation sites excluding steroid dienone is 9. The number of nitrogens with one attached hydrogen (secondary N) is 1. The standard InChI is InChI=1S/C81H149NO13/c1-3-5-7-9-11-13-15-17-19-21-23-25-27-29-31-33-34-35-36-37-39-41-43-45-47-49-51-53-55-57-59-61-63-65-73(86)82-69(68-92-80-78(91)76(89)79(72(67-84)94-80)95-81-77(90)75(88)74(87)71(66-83)93-81)70(85)64-62-60-58-56-54-52-50-48-46-44-42-40-38-32-30-28-26-24-22-20-18-16-14-12-10-8-6-4-2/h5,7,11,13,17,19,23,25,62,64,69-72,74-81,83-85,87-91H,3-4,6,8-10,12,14-16,18,20-22,24,26-61,63,65-68H2,1-2H3,(H,82,86)/b7-5-,13-11-,19-17-,25-23-,64-62+. The maximum Gasteiger partial charge on any atom is 0.220 e. The molecular formula is C81H149NO13. The lowest BCUT2D eigenvalue weighted by atomic mass is 9.97. The molecule has 0 bridgehead atoms. The van der Waals surface area contributed by atoms with Crippen LogP contribution in [-0.2, 0) is 23.7 Å². The Labute approximate surface area is 581 Å². The van der Waals surface area contributed by atoms with Gasteiger partial charge in [0.05, 0.1) is 32.0 Å². The smallest absolute Gasteiger partial charge is 0.220 e. The quantitative estimate of drug-likeness (QED) is 0.0204. The molecule has 14 heteroatoms. The van der Waals surface area contributed by atoms with Crippen molar-refractivity contribution in [3.05, 3.63) is 60.8 Å². The van der Waals surface area contributed by atoms with Gasteiger partial charge in [0.25, 0.3) is 0 Å². The van der Waals surface area contributed by atoms with E-state index in [2.05, 4.69) is 67.8 Å². The number of hydrogen-bond donors (Lipinski definition) is 9. The lowest BCUT2D eigenvalue weighted by Crippen LogP contribution is -2.65. The number of carbonyl (C=O) groups excluding carboxylic acids is 1. The molecule has 556 valence electrons. The molecule has 12 atom stereocenters. The van der Waals surface area contributed by atoms with Gasteiger partial charge in [-0.2, -0.15) is 0 Å². The minimum atomic E-state index is -1.79. The molecule has 0 radical (unpaired) electrons. The zero-order valence-corrected chi connectivity index (χ0v) is 60.9. The van der Waals surface area contributed by atoms with Gasteiger partial charge in [0, 0.05) is 6.42 Å². The van der Waals surface area contributed by atoms with Crippen LogP contribution < -0.4 is 5.32 Å². The lowest BCUT2D eigenvalue weighted by Gasteiger charge is -2.46. The second-order valence-corrected chi connectivity index (χ2v) is 28.2. The molecule has 0 aromatic rings. The van der Waals surface area contributed by atoms with Crippen molar-refractivity contribution in [2.75, 3.05) is 19.8 Å². The Bertz CT molecular complexity index is 1830. The van der Waals surface area contributed by atoms with Gasteiger partial charge in [0.15, 0.2) is 12.6 Å². The summed E-state index contributed by atoms with van der Waals surface area (Å²) in [5.74, 6) is -0.233. The van der Waals surface area contributed by atoms with Crippen LogP contribution in [0.4, 0.5) is 0 Å². The van der Waals surface area contributed by atoms with Crippen LogP contribution in [0.5, 0.6) is 0 Å². The van der Waals surface area contributed by atoms with Crippen LogP contribution in [0.3, 0.4) is 0 Å².